The Bertz CT molecular complexity index is 269. The van der Waals surface area contributed by atoms with E-state index in [1.807, 2.05) is 0 Å². The Morgan fingerprint density at radius 1 is 0.400 bits per heavy atom. The lowest BCUT2D eigenvalue weighted by atomic mass is 9.39. The Labute approximate surface area is 92.8 Å². The molecular weight excluding hydrogens is 180 g/mol. The molecule has 0 amide bonds. The molecule has 0 aromatic heterocycles. The van der Waals surface area contributed by atoms with Gasteiger partial charge in [-0.05, 0) is 92.3 Å². The van der Waals surface area contributed by atoms with E-state index in [1.165, 1.54) is 47.3 Å². The van der Waals surface area contributed by atoms with Crippen molar-refractivity contribution in [3.63, 3.8) is 0 Å². The average molecular weight is 202 g/mol. The zero-order chi connectivity index (χ0) is 9.57. The van der Waals surface area contributed by atoms with Crippen molar-refractivity contribution in [2.24, 2.45) is 47.3 Å². The van der Waals surface area contributed by atoms with Gasteiger partial charge in [-0.15, -0.1) is 0 Å². The van der Waals surface area contributed by atoms with Gasteiger partial charge >= 0.3 is 0 Å². The Hall–Kier alpha value is 0. The summed E-state index contributed by atoms with van der Waals surface area (Å²) in [6, 6.07) is 0. The van der Waals surface area contributed by atoms with E-state index in [0.29, 0.717) is 0 Å². The second-order valence-electron chi connectivity index (χ2n) is 7.32. The van der Waals surface area contributed by atoms with Gasteiger partial charge in [-0.3, -0.25) is 0 Å². The summed E-state index contributed by atoms with van der Waals surface area (Å²) < 4.78 is 0. The first-order chi connectivity index (χ1) is 7.43. The summed E-state index contributed by atoms with van der Waals surface area (Å²) in [5.41, 5.74) is 0. The predicted octanol–water partition coefficient (Wildman–Crippen LogP) is 3.71. The minimum absolute atomic E-state index is 1.19. The predicted molar refractivity (Wildman–Crippen MR) is 60.2 cm³/mol. The Morgan fingerprint density at radius 3 is 1.20 bits per heavy atom. The van der Waals surface area contributed by atoms with Crippen LogP contribution in [0.25, 0.3) is 0 Å². The van der Waals surface area contributed by atoms with Crippen molar-refractivity contribution in [2.75, 3.05) is 0 Å². The van der Waals surface area contributed by atoms with Crippen molar-refractivity contribution in [1.82, 2.24) is 0 Å². The molecule has 6 fully saturated rings. The molecule has 6 aliphatic carbocycles. The molecule has 0 nitrogen and oxygen atoms in total. The molecule has 6 aliphatic rings. The molecule has 0 radical (unpaired) electrons. The fraction of sp³-hybridized carbons (Fsp3) is 1.00. The van der Waals surface area contributed by atoms with Gasteiger partial charge in [0, 0.05) is 0 Å². The van der Waals surface area contributed by atoms with Gasteiger partial charge in [0.2, 0.25) is 0 Å². The van der Waals surface area contributed by atoms with Crippen LogP contribution in [0.1, 0.15) is 44.9 Å². The van der Waals surface area contributed by atoms with E-state index in [-0.39, 0.29) is 0 Å². The molecular formula is C15H22. The lowest BCUT2D eigenvalue weighted by molar-refractivity contribution is -0.173. The molecule has 0 aromatic carbocycles. The first-order valence-electron chi connectivity index (χ1n) is 7.43. The molecule has 0 heteroatoms. The van der Waals surface area contributed by atoms with Gasteiger partial charge in [-0.1, -0.05) is 0 Å². The van der Waals surface area contributed by atoms with E-state index in [1.54, 1.807) is 44.9 Å². The van der Waals surface area contributed by atoms with E-state index >= 15 is 0 Å². The summed E-state index contributed by atoms with van der Waals surface area (Å²) in [5.74, 6) is 9.81. The van der Waals surface area contributed by atoms with E-state index in [2.05, 4.69) is 0 Å². The lowest BCUT2D eigenvalue weighted by Crippen LogP contribution is -2.60. The smallest absolute Gasteiger partial charge is 0.0318 e. The molecule has 0 saturated heterocycles. The zero-order valence-corrected chi connectivity index (χ0v) is 9.57. The van der Waals surface area contributed by atoms with Crippen LogP contribution in [0, 0.1) is 47.3 Å². The fourth-order valence-corrected chi connectivity index (χ4v) is 7.06. The molecule has 0 heterocycles. The van der Waals surface area contributed by atoms with Crippen LogP contribution in [0.4, 0.5) is 0 Å². The van der Waals surface area contributed by atoms with E-state index in [4.69, 9.17) is 0 Å². The number of hydrogen-bond acceptors (Lipinski definition) is 0. The van der Waals surface area contributed by atoms with Crippen LogP contribution in [0.15, 0.2) is 0 Å². The third-order valence-electron chi connectivity index (χ3n) is 7.29. The Balaban J connectivity index is 1.56. The summed E-state index contributed by atoms with van der Waals surface area (Å²) in [7, 11) is 0. The van der Waals surface area contributed by atoms with Crippen LogP contribution in [-0.2, 0) is 0 Å². The maximum Gasteiger partial charge on any atom is -0.0318 e. The van der Waals surface area contributed by atoms with Crippen molar-refractivity contribution in [3.05, 3.63) is 0 Å². The van der Waals surface area contributed by atoms with Gasteiger partial charge in [-0.2, -0.15) is 0 Å². The summed E-state index contributed by atoms with van der Waals surface area (Å²) in [5, 5.41) is 0. The topological polar surface area (TPSA) is 0 Å². The molecule has 0 aromatic rings. The van der Waals surface area contributed by atoms with Crippen molar-refractivity contribution >= 4 is 0 Å². The average Bonchev–Trinajstić information content (AvgIpc) is 2.79. The molecule has 15 heavy (non-hydrogen) atoms. The van der Waals surface area contributed by atoms with Gasteiger partial charge in [0.15, 0.2) is 0 Å². The maximum atomic E-state index is 1.65. The Kier molecular flexibility index (Phi) is 1.34. The van der Waals surface area contributed by atoms with E-state index in [0.717, 1.165) is 0 Å². The summed E-state index contributed by atoms with van der Waals surface area (Å²) in [6.07, 6.45) is 11.4. The van der Waals surface area contributed by atoms with Gasteiger partial charge in [0.05, 0.1) is 0 Å². The highest BCUT2D eigenvalue weighted by Crippen LogP contribution is 2.73. The monoisotopic (exact) mass is 202 g/mol. The Morgan fingerprint density at radius 2 is 0.733 bits per heavy atom. The van der Waals surface area contributed by atoms with Gasteiger partial charge < -0.3 is 0 Å². The molecule has 6 rings (SSSR count). The highest BCUT2D eigenvalue weighted by molar-refractivity contribution is 5.15. The van der Waals surface area contributed by atoms with Crippen molar-refractivity contribution in [2.45, 2.75) is 44.9 Å². The van der Waals surface area contributed by atoms with Crippen molar-refractivity contribution in [1.29, 1.82) is 0 Å². The SMILES string of the molecule is C1CC2CCC1C1C2C2C3CCC(C3)C12. The third-order valence-corrected chi connectivity index (χ3v) is 7.29. The van der Waals surface area contributed by atoms with Crippen LogP contribution in [0.5, 0.6) is 0 Å². The lowest BCUT2D eigenvalue weighted by Gasteiger charge is -2.65. The minimum Gasteiger partial charge on any atom is -0.0499 e. The molecule has 0 aliphatic heterocycles. The molecule has 0 N–H and O–H groups in total. The first kappa shape index (κ1) is 8.14. The fourth-order valence-electron chi connectivity index (χ4n) is 7.06. The quantitative estimate of drug-likeness (QED) is 0.561. The summed E-state index contributed by atoms with van der Waals surface area (Å²) in [4.78, 5) is 0. The molecule has 6 atom stereocenters. The molecule has 6 unspecified atom stereocenters. The maximum absolute atomic E-state index is 1.65. The molecule has 82 valence electrons. The van der Waals surface area contributed by atoms with Crippen LogP contribution in [0.3, 0.4) is 0 Å². The van der Waals surface area contributed by atoms with Gasteiger partial charge in [0.1, 0.15) is 0 Å². The van der Waals surface area contributed by atoms with Gasteiger partial charge in [0.25, 0.3) is 0 Å². The highest BCUT2D eigenvalue weighted by Gasteiger charge is 2.67. The zero-order valence-electron chi connectivity index (χ0n) is 9.57. The normalized spacial score (nSPS) is 68.8. The summed E-state index contributed by atoms with van der Waals surface area (Å²) in [6.45, 7) is 0. The van der Waals surface area contributed by atoms with Crippen molar-refractivity contribution < 1.29 is 0 Å². The van der Waals surface area contributed by atoms with Crippen LogP contribution < -0.4 is 0 Å². The van der Waals surface area contributed by atoms with E-state index in [9.17, 15) is 0 Å². The number of hydrogen-bond donors (Lipinski definition) is 0. The largest absolute Gasteiger partial charge is 0.0499 e. The van der Waals surface area contributed by atoms with Crippen LogP contribution in [0.2, 0.25) is 0 Å². The standard InChI is InChI=1S/C15H22/c1-2-9-4-3-8(1)12-13(9)15-11-6-5-10(7-11)14(12)15/h8-15H,1-7H2. The number of rotatable bonds is 0. The molecule has 0 spiro atoms. The van der Waals surface area contributed by atoms with Crippen LogP contribution >= 0.6 is 0 Å². The third kappa shape index (κ3) is 0.775. The minimum atomic E-state index is 1.19. The van der Waals surface area contributed by atoms with Crippen LogP contribution in [-0.4, -0.2) is 0 Å². The van der Waals surface area contributed by atoms with Gasteiger partial charge in [-0.25, -0.2) is 0 Å². The second kappa shape index (κ2) is 2.46. The van der Waals surface area contributed by atoms with E-state index < -0.39 is 0 Å². The van der Waals surface area contributed by atoms with Crippen molar-refractivity contribution in [3.8, 4) is 0 Å². The number of fused-ring (bicyclic) bond motifs is 7. The first-order valence-corrected chi connectivity index (χ1v) is 7.43. The second-order valence-corrected chi connectivity index (χ2v) is 7.32. The molecule has 4 bridgehead atoms. The molecule has 6 saturated carbocycles. The summed E-state index contributed by atoms with van der Waals surface area (Å²) >= 11 is 0. The highest BCUT2D eigenvalue weighted by atomic mass is 14.7.